The minimum atomic E-state index is 1.17. The van der Waals surface area contributed by atoms with E-state index in [0.29, 0.717) is 0 Å². The quantitative estimate of drug-likeness (QED) is 0.141. The van der Waals surface area contributed by atoms with Crippen molar-refractivity contribution in [2.75, 3.05) is 0 Å². The first-order valence-electron chi connectivity index (χ1n) is 50.4. The maximum Gasteiger partial charge on any atom is 0.0626 e. The standard InChI is InChI=1S/C50H31N.2C46H27N/c1-2-13-33(14-3-1)45-31-46-41-17-7-9-19-43(41)50-49(48(46)42-18-8-6-16-40(42)45)44-20-10-11-21-47(44)51(50)39-27-26-37-29-36(24-25-38(37)30-39)35-23-22-32-12-4-5-15-34(32)28-35;1-2-11-28(12-3-1)39-27-40-35-16-5-7-18-37(35)46-45(44(40)36-17-6-4-15-34(36)39)38-19-8-9-20-41(38)47(46)33-25-31-23-21-29-13-10-14-30-22-24-32(26-33)43(31)42(29)30;1-2-11-28(12-3-1)38-27-39-33-16-5-7-18-35(33)46-45(44(39)34-17-6-4-15-32(34)38)36-19-8-9-20-40(36)47(46)41-26-24-31-22-21-29-13-10-14-30-23-25-37(41)43(31)42(29)30/h1-31H;2*1-27H. The monoisotopic (exact) mass is 1830 g/mol. The van der Waals surface area contributed by atoms with Gasteiger partial charge in [-0.05, 0) is 269 Å². The van der Waals surface area contributed by atoms with Crippen molar-refractivity contribution < 1.29 is 0 Å². The van der Waals surface area contributed by atoms with Crippen molar-refractivity contribution in [3.05, 3.63) is 516 Å². The van der Waals surface area contributed by atoms with Crippen molar-refractivity contribution in [1.82, 2.24) is 13.7 Å². The van der Waals surface area contributed by atoms with Gasteiger partial charge in [0.2, 0.25) is 0 Å². The van der Waals surface area contributed by atoms with Crippen LogP contribution < -0.4 is 0 Å². The van der Waals surface area contributed by atoms with Crippen LogP contribution in [0.2, 0.25) is 0 Å². The van der Waals surface area contributed by atoms with Gasteiger partial charge in [-0.3, -0.25) is 0 Å². The zero-order valence-corrected chi connectivity index (χ0v) is 78.9. The Morgan fingerprint density at radius 1 is 0.110 bits per heavy atom. The lowest BCUT2D eigenvalue weighted by Crippen LogP contribution is -1.97. The van der Waals surface area contributed by atoms with Crippen LogP contribution in [0.3, 0.4) is 0 Å². The number of para-hydroxylation sites is 3. The predicted octanol–water partition coefficient (Wildman–Crippen LogP) is 39.5. The number of rotatable bonds is 7. The number of aromatic nitrogens is 3. The van der Waals surface area contributed by atoms with Gasteiger partial charge in [0.25, 0.3) is 0 Å². The third-order valence-corrected chi connectivity index (χ3v) is 31.8. The van der Waals surface area contributed by atoms with E-state index in [1.165, 1.54) is 310 Å². The molecule has 0 aliphatic carbocycles. The lowest BCUT2D eigenvalue weighted by atomic mass is 9.88. The summed E-state index contributed by atoms with van der Waals surface area (Å²) in [6, 6.07) is 191. The highest BCUT2D eigenvalue weighted by Gasteiger charge is 2.29. The summed E-state index contributed by atoms with van der Waals surface area (Å²) in [7, 11) is 0. The smallest absolute Gasteiger partial charge is 0.0626 e. The van der Waals surface area contributed by atoms with Gasteiger partial charge in [0.15, 0.2) is 0 Å². The van der Waals surface area contributed by atoms with E-state index >= 15 is 0 Å². The SMILES string of the molecule is c1ccc(-c2cc3c4ccccc4c4c(c5ccccc5n4-c4cc5ccc6cccc7ccc(c4)c5c67)c3c3ccccc23)cc1.c1ccc(-c2cc3c4ccccc4c4c(c5ccccc5n4-c4ccc5cc(-c6ccc7ccccc7c6)ccc5c4)c3c3ccccc23)cc1.c1ccc(-c2cc3c4ccccc4c4c(c5ccccc5n4-c4ccc5ccc6cccc7ccc4c5c67)c3c3ccccc23)cc1. The first-order valence-corrected chi connectivity index (χ1v) is 50.4. The molecule has 0 aliphatic heterocycles. The van der Waals surface area contributed by atoms with Gasteiger partial charge in [0.05, 0.1) is 38.8 Å². The van der Waals surface area contributed by atoms with E-state index in [1.54, 1.807) is 0 Å². The maximum absolute atomic E-state index is 2.55. The summed E-state index contributed by atoms with van der Waals surface area (Å²) in [6.07, 6.45) is 0. The van der Waals surface area contributed by atoms with Crippen LogP contribution in [0, 0.1) is 0 Å². The van der Waals surface area contributed by atoms with Crippen molar-refractivity contribution in [2.24, 2.45) is 0 Å². The highest BCUT2D eigenvalue weighted by Crippen LogP contribution is 2.54. The van der Waals surface area contributed by atoms with Crippen LogP contribution in [0.1, 0.15) is 0 Å². The molecule has 0 fully saturated rings. The Labute approximate surface area is 833 Å². The molecule has 0 radical (unpaired) electrons. The van der Waals surface area contributed by atoms with E-state index in [1.807, 2.05) is 0 Å². The van der Waals surface area contributed by atoms with Crippen LogP contribution in [0.5, 0.6) is 0 Å². The Balaban J connectivity index is 0.0000000991. The van der Waals surface area contributed by atoms with Crippen molar-refractivity contribution in [3.8, 4) is 61.6 Å². The van der Waals surface area contributed by atoms with E-state index < -0.39 is 0 Å². The number of benzene rings is 30. The molecule has 0 aliphatic rings. The molecule has 668 valence electrons. The van der Waals surface area contributed by atoms with Crippen LogP contribution in [0.15, 0.2) is 516 Å². The van der Waals surface area contributed by atoms with E-state index in [2.05, 4.69) is 529 Å². The summed E-state index contributed by atoms with van der Waals surface area (Å²) >= 11 is 0. The Hall–Kier alpha value is -19.1. The van der Waals surface area contributed by atoms with Crippen LogP contribution in [0.4, 0.5) is 0 Å². The molecule has 3 nitrogen and oxygen atoms in total. The fourth-order valence-electron chi connectivity index (χ4n) is 25.6. The Morgan fingerprint density at radius 2 is 0.386 bits per heavy atom. The van der Waals surface area contributed by atoms with Gasteiger partial charge in [-0.2, -0.15) is 0 Å². The molecule has 0 spiro atoms. The van der Waals surface area contributed by atoms with E-state index in [9.17, 15) is 0 Å². The maximum atomic E-state index is 2.55. The fraction of sp³-hybridized carbons (Fsp3) is 0. The average Bonchev–Trinajstić information content (AvgIpc) is 1.51. The van der Waals surface area contributed by atoms with Crippen molar-refractivity contribution in [1.29, 1.82) is 0 Å². The fourth-order valence-corrected chi connectivity index (χ4v) is 25.6. The first kappa shape index (κ1) is 80.8. The second-order valence-corrected chi connectivity index (χ2v) is 39.4. The highest BCUT2D eigenvalue weighted by molar-refractivity contribution is 6.42. The van der Waals surface area contributed by atoms with E-state index in [-0.39, 0.29) is 0 Å². The largest absolute Gasteiger partial charge is 0.309 e. The Morgan fingerprint density at radius 3 is 0.828 bits per heavy atom. The third kappa shape index (κ3) is 12.1. The van der Waals surface area contributed by atoms with Crippen LogP contribution >= 0.6 is 0 Å². The molecular weight excluding hydrogens is 1750 g/mol. The second kappa shape index (κ2) is 31.7. The summed E-state index contributed by atoms with van der Waals surface area (Å²) in [5.74, 6) is 0. The molecule has 0 unspecified atom stereocenters. The normalized spacial score (nSPS) is 12.1. The zero-order chi connectivity index (χ0) is 94.7. The molecule has 33 aromatic rings. The number of fused-ring (bicyclic) bond motifs is 32. The second-order valence-electron chi connectivity index (χ2n) is 39.4. The molecule has 30 aromatic carbocycles. The molecular formula is C142H85N3. The molecule has 3 heterocycles. The lowest BCUT2D eigenvalue weighted by molar-refractivity contribution is 1.19. The molecule has 0 saturated carbocycles. The van der Waals surface area contributed by atoms with Gasteiger partial charge >= 0.3 is 0 Å². The van der Waals surface area contributed by atoms with Crippen LogP contribution in [-0.4, -0.2) is 13.7 Å². The summed E-state index contributed by atoms with van der Waals surface area (Å²) < 4.78 is 7.59. The van der Waals surface area contributed by atoms with Crippen molar-refractivity contribution in [3.63, 3.8) is 0 Å². The van der Waals surface area contributed by atoms with Gasteiger partial charge in [-0.25, -0.2) is 0 Å². The minimum absolute atomic E-state index is 1.17. The molecule has 0 atom stereocenters. The average molecular weight is 1830 g/mol. The first-order chi connectivity index (χ1) is 72.0. The molecule has 3 aromatic heterocycles. The van der Waals surface area contributed by atoms with Gasteiger partial charge in [-0.15, -0.1) is 0 Å². The number of hydrogen-bond acceptors (Lipinski definition) is 0. The van der Waals surface area contributed by atoms with Crippen LogP contribution in [0.25, 0.3) is 310 Å². The summed E-state index contributed by atoms with van der Waals surface area (Å²) in [6.45, 7) is 0. The third-order valence-electron chi connectivity index (χ3n) is 31.8. The number of nitrogens with zero attached hydrogens (tertiary/aromatic N) is 3. The van der Waals surface area contributed by atoms with E-state index in [0.717, 1.165) is 0 Å². The van der Waals surface area contributed by atoms with Crippen molar-refractivity contribution >= 4 is 249 Å². The topological polar surface area (TPSA) is 14.8 Å². The molecule has 0 bridgehead atoms. The summed E-state index contributed by atoms with van der Waals surface area (Å²) in [5, 5.41) is 51.6. The summed E-state index contributed by atoms with van der Waals surface area (Å²) in [4.78, 5) is 0. The van der Waals surface area contributed by atoms with Gasteiger partial charge < -0.3 is 13.7 Å². The lowest BCUT2D eigenvalue weighted by Gasteiger charge is -2.18. The number of hydrogen-bond donors (Lipinski definition) is 0. The minimum Gasteiger partial charge on any atom is -0.309 e. The molecule has 0 N–H and O–H groups in total. The molecule has 33 rings (SSSR count). The van der Waals surface area contributed by atoms with Crippen LogP contribution in [-0.2, 0) is 0 Å². The Kier molecular flexibility index (Phi) is 17.7. The van der Waals surface area contributed by atoms with Crippen molar-refractivity contribution in [2.45, 2.75) is 0 Å². The Bertz CT molecular complexity index is 11200. The summed E-state index contributed by atoms with van der Waals surface area (Å²) in [5.41, 5.74) is 21.0. The molecule has 0 amide bonds. The van der Waals surface area contributed by atoms with Gasteiger partial charge in [-0.1, -0.05) is 437 Å². The molecule has 3 heteroatoms. The van der Waals surface area contributed by atoms with Gasteiger partial charge in [0, 0.05) is 81.4 Å². The molecule has 0 saturated heterocycles. The predicted molar refractivity (Wildman–Crippen MR) is 624 cm³/mol. The zero-order valence-electron chi connectivity index (χ0n) is 78.9. The van der Waals surface area contributed by atoms with E-state index in [4.69, 9.17) is 0 Å². The van der Waals surface area contributed by atoms with Gasteiger partial charge in [0.1, 0.15) is 0 Å². The molecule has 145 heavy (non-hydrogen) atoms. The highest BCUT2D eigenvalue weighted by atomic mass is 15.0.